The third-order valence-electron chi connectivity index (χ3n) is 4.93. The zero-order valence-corrected chi connectivity index (χ0v) is 14.9. The van der Waals surface area contributed by atoms with Crippen LogP contribution < -0.4 is 0 Å². The molecule has 3 rings (SSSR count). The molecule has 2 aromatic rings. The average Bonchev–Trinajstić information content (AvgIpc) is 3.00. The molecule has 0 spiro atoms. The number of nitrogens with zero attached hydrogens (tertiary/aromatic N) is 5. The van der Waals surface area contributed by atoms with Gasteiger partial charge in [0.2, 0.25) is 0 Å². The van der Waals surface area contributed by atoms with Crippen LogP contribution in [0.3, 0.4) is 0 Å². The standard InChI is InChI=1S/C18H24FN5O/c1-22-8-4-5-13(17(22)14-9-21-24(3)12-14)11-23(2)18(25)15-6-7-20-10-16(15)19/h6-7,9-10,12-13,17H,4-5,8,11H2,1-3H3/t13-,17+/m0/s1. The number of amides is 1. The van der Waals surface area contributed by atoms with E-state index in [9.17, 15) is 9.18 Å². The number of rotatable bonds is 4. The van der Waals surface area contributed by atoms with Gasteiger partial charge in [0.05, 0.1) is 18.0 Å². The van der Waals surface area contributed by atoms with Gasteiger partial charge in [-0.05, 0) is 38.4 Å². The van der Waals surface area contributed by atoms with E-state index in [1.165, 1.54) is 12.3 Å². The molecular weight excluding hydrogens is 321 g/mol. The molecule has 0 radical (unpaired) electrons. The summed E-state index contributed by atoms with van der Waals surface area (Å²) in [6.07, 6.45) is 8.56. The number of aryl methyl sites for hydroxylation is 1. The van der Waals surface area contributed by atoms with Gasteiger partial charge in [-0.1, -0.05) is 0 Å². The first-order chi connectivity index (χ1) is 12.0. The maximum absolute atomic E-state index is 13.9. The highest BCUT2D eigenvalue weighted by molar-refractivity contribution is 5.94. The van der Waals surface area contributed by atoms with Crippen LogP contribution in [0.25, 0.3) is 0 Å². The molecule has 0 bridgehead atoms. The van der Waals surface area contributed by atoms with Gasteiger partial charge in [-0.2, -0.15) is 5.10 Å². The van der Waals surface area contributed by atoms with E-state index >= 15 is 0 Å². The van der Waals surface area contributed by atoms with Crippen molar-refractivity contribution in [3.63, 3.8) is 0 Å². The number of likely N-dealkylation sites (tertiary alicyclic amines) is 1. The molecule has 0 aromatic carbocycles. The van der Waals surface area contributed by atoms with Gasteiger partial charge < -0.3 is 4.90 Å². The van der Waals surface area contributed by atoms with E-state index in [2.05, 4.69) is 22.0 Å². The Kier molecular flexibility index (Phi) is 5.13. The molecule has 0 saturated carbocycles. The second-order valence-electron chi connectivity index (χ2n) is 6.82. The third kappa shape index (κ3) is 3.71. The summed E-state index contributed by atoms with van der Waals surface area (Å²) in [5, 5.41) is 4.29. The van der Waals surface area contributed by atoms with Crippen LogP contribution in [0.5, 0.6) is 0 Å². The van der Waals surface area contributed by atoms with Crippen LogP contribution in [-0.4, -0.2) is 57.7 Å². The van der Waals surface area contributed by atoms with Gasteiger partial charge in [0.25, 0.3) is 5.91 Å². The lowest BCUT2D eigenvalue weighted by Crippen LogP contribution is -2.42. The molecular formula is C18H24FN5O. The number of halogens is 1. The van der Waals surface area contributed by atoms with E-state index < -0.39 is 5.82 Å². The smallest absolute Gasteiger partial charge is 0.256 e. The highest BCUT2D eigenvalue weighted by atomic mass is 19.1. The van der Waals surface area contributed by atoms with Gasteiger partial charge in [-0.25, -0.2) is 4.39 Å². The first kappa shape index (κ1) is 17.5. The minimum atomic E-state index is -0.580. The highest BCUT2D eigenvalue weighted by Gasteiger charge is 2.33. The zero-order valence-electron chi connectivity index (χ0n) is 14.9. The molecule has 0 N–H and O–H groups in total. The maximum Gasteiger partial charge on any atom is 0.256 e. The monoisotopic (exact) mass is 345 g/mol. The van der Waals surface area contributed by atoms with Crippen molar-refractivity contribution in [2.24, 2.45) is 13.0 Å². The van der Waals surface area contributed by atoms with Crippen molar-refractivity contribution in [1.29, 1.82) is 0 Å². The van der Waals surface area contributed by atoms with E-state index in [0.29, 0.717) is 6.54 Å². The summed E-state index contributed by atoms with van der Waals surface area (Å²) in [5.41, 5.74) is 1.23. The normalized spacial score (nSPS) is 21.3. The first-order valence-electron chi connectivity index (χ1n) is 8.51. The summed E-state index contributed by atoms with van der Waals surface area (Å²) in [5.74, 6) is -0.608. The summed E-state index contributed by atoms with van der Waals surface area (Å²) in [7, 11) is 5.74. The fraction of sp³-hybridized carbons (Fsp3) is 0.500. The van der Waals surface area contributed by atoms with Gasteiger partial charge in [0.1, 0.15) is 0 Å². The number of piperidine rings is 1. The Labute approximate surface area is 147 Å². The number of carbonyl (C=O) groups is 1. The van der Waals surface area contributed by atoms with Crippen molar-refractivity contribution in [2.75, 3.05) is 27.2 Å². The lowest BCUT2D eigenvalue weighted by Gasteiger charge is -2.40. The van der Waals surface area contributed by atoms with E-state index in [1.807, 2.05) is 19.4 Å². The number of pyridine rings is 1. The molecule has 1 aliphatic rings. The Morgan fingerprint density at radius 1 is 1.40 bits per heavy atom. The topological polar surface area (TPSA) is 54.3 Å². The van der Waals surface area contributed by atoms with Crippen molar-refractivity contribution in [2.45, 2.75) is 18.9 Å². The molecule has 1 amide bonds. The van der Waals surface area contributed by atoms with Gasteiger partial charge in [-0.3, -0.25) is 19.4 Å². The van der Waals surface area contributed by atoms with Gasteiger partial charge >= 0.3 is 0 Å². The fourth-order valence-electron chi connectivity index (χ4n) is 3.76. The molecule has 134 valence electrons. The molecule has 2 aromatic heterocycles. The lowest BCUT2D eigenvalue weighted by atomic mass is 9.85. The SMILES string of the molecule is CN(C[C@@H]1CCCN(C)[C@H]1c1cnn(C)c1)C(=O)c1ccncc1F. The fourth-order valence-corrected chi connectivity index (χ4v) is 3.76. The van der Waals surface area contributed by atoms with Crippen LogP contribution in [0.15, 0.2) is 30.9 Å². The molecule has 0 unspecified atom stereocenters. The molecule has 1 aliphatic heterocycles. The van der Waals surface area contributed by atoms with Crippen molar-refractivity contribution >= 4 is 5.91 Å². The molecule has 3 heterocycles. The van der Waals surface area contributed by atoms with Crippen LogP contribution in [0.4, 0.5) is 4.39 Å². The van der Waals surface area contributed by atoms with E-state index in [-0.39, 0.29) is 23.4 Å². The van der Waals surface area contributed by atoms with E-state index in [0.717, 1.165) is 31.1 Å². The van der Waals surface area contributed by atoms with Crippen LogP contribution in [0.1, 0.15) is 34.8 Å². The molecule has 2 atom stereocenters. The second kappa shape index (κ2) is 7.31. The Balaban J connectivity index is 1.77. The predicted octanol–water partition coefficient (Wildman–Crippen LogP) is 2.11. The van der Waals surface area contributed by atoms with Crippen LogP contribution >= 0.6 is 0 Å². The summed E-state index contributed by atoms with van der Waals surface area (Å²) in [4.78, 5) is 20.2. The van der Waals surface area contributed by atoms with Crippen molar-refractivity contribution in [3.05, 3.63) is 47.8 Å². The van der Waals surface area contributed by atoms with Crippen molar-refractivity contribution in [3.8, 4) is 0 Å². The third-order valence-corrected chi connectivity index (χ3v) is 4.93. The number of aromatic nitrogens is 3. The number of hydrogen-bond acceptors (Lipinski definition) is 4. The molecule has 6 nitrogen and oxygen atoms in total. The molecule has 1 fully saturated rings. The minimum Gasteiger partial charge on any atom is -0.341 e. The Bertz CT molecular complexity index is 747. The second-order valence-corrected chi connectivity index (χ2v) is 6.82. The van der Waals surface area contributed by atoms with Crippen LogP contribution in [0, 0.1) is 11.7 Å². The molecule has 7 heteroatoms. The van der Waals surface area contributed by atoms with Gasteiger partial charge in [0.15, 0.2) is 5.82 Å². The highest BCUT2D eigenvalue weighted by Crippen LogP contribution is 2.35. The maximum atomic E-state index is 13.9. The largest absolute Gasteiger partial charge is 0.341 e. The van der Waals surface area contributed by atoms with E-state index in [4.69, 9.17) is 0 Å². The van der Waals surface area contributed by atoms with Gasteiger partial charge in [0, 0.05) is 44.6 Å². The van der Waals surface area contributed by atoms with Crippen molar-refractivity contribution in [1.82, 2.24) is 24.6 Å². The summed E-state index contributed by atoms with van der Waals surface area (Å²) in [6.45, 7) is 1.59. The number of hydrogen-bond donors (Lipinski definition) is 0. The average molecular weight is 345 g/mol. The lowest BCUT2D eigenvalue weighted by molar-refractivity contribution is 0.0641. The minimum absolute atomic E-state index is 0.0691. The van der Waals surface area contributed by atoms with E-state index in [1.54, 1.807) is 16.6 Å². The molecule has 0 aliphatic carbocycles. The molecule has 1 saturated heterocycles. The molecule has 25 heavy (non-hydrogen) atoms. The number of carbonyl (C=O) groups excluding carboxylic acids is 1. The Hall–Kier alpha value is -2.28. The Morgan fingerprint density at radius 3 is 2.88 bits per heavy atom. The predicted molar refractivity (Wildman–Crippen MR) is 92.5 cm³/mol. The van der Waals surface area contributed by atoms with Gasteiger partial charge in [-0.15, -0.1) is 0 Å². The Morgan fingerprint density at radius 2 is 2.20 bits per heavy atom. The summed E-state index contributed by atoms with van der Waals surface area (Å²) < 4.78 is 15.7. The summed E-state index contributed by atoms with van der Waals surface area (Å²) in [6, 6.07) is 1.64. The van der Waals surface area contributed by atoms with Crippen LogP contribution in [0.2, 0.25) is 0 Å². The quantitative estimate of drug-likeness (QED) is 0.852. The first-order valence-corrected chi connectivity index (χ1v) is 8.51. The van der Waals surface area contributed by atoms with Crippen LogP contribution in [-0.2, 0) is 7.05 Å². The zero-order chi connectivity index (χ0) is 18.0. The summed E-state index contributed by atoms with van der Waals surface area (Å²) >= 11 is 0. The van der Waals surface area contributed by atoms with Crippen molar-refractivity contribution < 1.29 is 9.18 Å².